The number of rotatable bonds is 8. The predicted molar refractivity (Wildman–Crippen MR) is 112 cm³/mol. The van der Waals surface area contributed by atoms with Crippen molar-refractivity contribution in [1.82, 2.24) is 10.3 Å². The van der Waals surface area contributed by atoms with Crippen LogP contribution in [0.15, 0.2) is 41.1 Å². The SMILES string of the molecule is CSCCC(NC(=O)c1ccco1)C(=O)Nc1ccc(N2CCCCC2)cn1. The van der Waals surface area contributed by atoms with Gasteiger partial charge in [0, 0.05) is 13.1 Å². The number of aromatic nitrogens is 1. The lowest BCUT2D eigenvalue weighted by Crippen LogP contribution is -2.44. The third-order valence-corrected chi connectivity index (χ3v) is 5.34. The molecule has 1 aliphatic heterocycles. The topological polar surface area (TPSA) is 87.5 Å². The van der Waals surface area contributed by atoms with E-state index in [0.717, 1.165) is 24.5 Å². The average Bonchev–Trinajstić information content (AvgIpc) is 3.27. The van der Waals surface area contributed by atoms with Crippen molar-refractivity contribution in [2.24, 2.45) is 0 Å². The van der Waals surface area contributed by atoms with Gasteiger partial charge in [0.15, 0.2) is 5.76 Å². The van der Waals surface area contributed by atoms with E-state index in [4.69, 9.17) is 4.42 Å². The van der Waals surface area contributed by atoms with Crippen molar-refractivity contribution in [3.8, 4) is 0 Å². The Morgan fingerprint density at radius 2 is 2.07 bits per heavy atom. The predicted octanol–water partition coefficient (Wildman–Crippen LogP) is 3.16. The fourth-order valence-corrected chi connectivity index (χ4v) is 3.63. The molecule has 0 saturated carbocycles. The summed E-state index contributed by atoms with van der Waals surface area (Å²) in [6.07, 6.45) is 9.38. The van der Waals surface area contributed by atoms with Crippen LogP contribution in [0, 0.1) is 0 Å². The second-order valence-electron chi connectivity index (χ2n) is 6.72. The first-order valence-corrected chi connectivity index (χ1v) is 10.9. The summed E-state index contributed by atoms with van der Waals surface area (Å²) in [6, 6.07) is 6.33. The van der Waals surface area contributed by atoms with Crippen molar-refractivity contribution >= 4 is 35.1 Å². The van der Waals surface area contributed by atoms with E-state index in [0.29, 0.717) is 12.2 Å². The molecule has 0 aromatic carbocycles. The molecule has 2 N–H and O–H groups in total. The van der Waals surface area contributed by atoms with Gasteiger partial charge < -0.3 is 20.0 Å². The van der Waals surface area contributed by atoms with Crippen LogP contribution < -0.4 is 15.5 Å². The van der Waals surface area contributed by atoms with Crippen molar-refractivity contribution in [3.05, 3.63) is 42.5 Å². The zero-order valence-corrected chi connectivity index (χ0v) is 16.8. The molecule has 7 nitrogen and oxygen atoms in total. The summed E-state index contributed by atoms with van der Waals surface area (Å²) in [6.45, 7) is 2.09. The Morgan fingerprint density at radius 1 is 1.25 bits per heavy atom. The van der Waals surface area contributed by atoms with Gasteiger partial charge in [-0.3, -0.25) is 9.59 Å². The summed E-state index contributed by atoms with van der Waals surface area (Å²) in [5.41, 5.74) is 1.07. The van der Waals surface area contributed by atoms with Gasteiger partial charge in [-0.25, -0.2) is 4.98 Å². The van der Waals surface area contributed by atoms with Crippen LogP contribution in [-0.4, -0.2) is 47.9 Å². The Bertz CT molecular complexity index is 758. The number of piperidine rings is 1. The molecule has 3 rings (SSSR count). The van der Waals surface area contributed by atoms with E-state index in [9.17, 15) is 9.59 Å². The average molecular weight is 403 g/mol. The van der Waals surface area contributed by atoms with Gasteiger partial charge >= 0.3 is 0 Å². The number of carbonyl (C=O) groups is 2. The summed E-state index contributed by atoms with van der Waals surface area (Å²) in [5.74, 6) is 0.725. The van der Waals surface area contributed by atoms with Crippen LogP contribution in [0.3, 0.4) is 0 Å². The van der Waals surface area contributed by atoms with Crippen LogP contribution in [0.5, 0.6) is 0 Å². The van der Waals surface area contributed by atoms with Crippen molar-refractivity contribution in [3.63, 3.8) is 0 Å². The molecule has 28 heavy (non-hydrogen) atoms. The van der Waals surface area contributed by atoms with E-state index in [-0.39, 0.29) is 11.7 Å². The van der Waals surface area contributed by atoms with Crippen LogP contribution in [0.2, 0.25) is 0 Å². The summed E-state index contributed by atoms with van der Waals surface area (Å²) in [5, 5.41) is 5.55. The molecule has 2 amide bonds. The van der Waals surface area contributed by atoms with Gasteiger partial charge in [-0.15, -0.1) is 0 Å². The van der Waals surface area contributed by atoms with Crippen LogP contribution in [0.4, 0.5) is 11.5 Å². The number of hydrogen-bond acceptors (Lipinski definition) is 6. The van der Waals surface area contributed by atoms with Gasteiger partial charge in [0.1, 0.15) is 11.9 Å². The van der Waals surface area contributed by atoms with Gasteiger partial charge in [0.2, 0.25) is 5.91 Å². The molecule has 0 spiro atoms. The molecule has 0 radical (unpaired) electrons. The van der Waals surface area contributed by atoms with Gasteiger partial charge in [0.25, 0.3) is 5.91 Å². The molecule has 3 heterocycles. The summed E-state index contributed by atoms with van der Waals surface area (Å²) in [4.78, 5) is 31.6. The van der Waals surface area contributed by atoms with Gasteiger partial charge in [0.05, 0.1) is 18.1 Å². The molecule has 1 atom stereocenters. The third kappa shape index (κ3) is 5.51. The van der Waals surface area contributed by atoms with Crippen molar-refractivity contribution in [2.45, 2.75) is 31.7 Å². The minimum Gasteiger partial charge on any atom is -0.459 e. The first kappa shape index (κ1) is 20.3. The van der Waals surface area contributed by atoms with Gasteiger partial charge in [-0.2, -0.15) is 11.8 Å². The highest BCUT2D eigenvalue weighted by Gasteiger charge is 2.23. The Labute approximate surface area is 169 Å². The van der Waals surface area contributed by atoms with Gasteiger partial charge in [-0.1, -0.05) is 0 Å². The quantitative estimate of drug-likeness (QED) is 0.705. The Balaban J connectivity index is 1.61. The summed E-state index contributed by atoms with van der Waals surface area (Å²) in [7, 11) is 0. The molecule has 0 bridgehead atoms. The maximum absolute atomic E-state index is 12.7. The van der Waals surface area contributed by atoms with E-state index >= 15 is 0 Å². The van der Waals surface area contributed by atoms with E-state index in [1.54, 1.807) is 30.1 Å². The smallest absolute Gasteiger partial charge is 0.287 e. The largest absolute Gasteiger partial charge is 0.459 e. The number of nitrogens with zero attached hydrogens (tertiary/aromatic N) is 2. The van der Waals surface area contributed by atoms with Crippen LogP contribution in [-0.2, 0) is 4.79 Å². The fourth-order valence-electron chi connectivity index (χ4n) is 3.15. The van der Waals surface area contributed by atoms with Crippen molar-refractivity contribution < 1.29 is 14.0 Å². The second-order valence-corrected chi connectivity index (χ2v) is 7.71. The molecule has 1 aliphatic rings. The highest BCUT2D eigenvalue weighted by molar-refractivity contribution is 7.98. The summed E-state index contributed by atoms with van der Waals surface area (Å²) >= 11 is 1.62. The standard InChI is InChI=1S/C20H26N4O3S/c1-28-13-9-16(22-20(26)17-6-5-12-27-17)19(25)23-18-8-7-15(14-21-18)24-10-3-2-4-11-24/h5-8,12,14,16H,2-4,9-11,13H2,1H3,(H,22,26)(H,21,23,25). The van der Waals surface area contributed by atoms with E-state index in [2.05, 4.69) is 20.5 Å². The van der Waals surface area contributed by atoms with Gasteiger partial charge in [-0.05, 0) is 62.0 Å². The molecule has 1 unspecified atom stereocenters. The maximum Gasteiger partial charge on any atom is 0.287 e. The van der Waals surface area contributed by atoms with E-state index in [1.165, 1.54) is 25.5 Å². The second kappa shape index (κ2) is 10.2. The number of amides is 2. The van der Waals surface area contributed by atoms with Crippen molar-refractivity contribution in [1.29, 1.82) is 0 Å². The number of carbonyl (C=O) groups excluding carboxylic acids is 2. The monoisotopic (exact) mass is 402 g/mol. The minimum absolute atomic E-state index is 0.186. The van der Waals surface area contributed by atoms with Crippen LogP contribution in [0.1, 0.15) is 36.2 Å². The van der Waals surface area contributed by atoms with E-state index in [1.807, 2.05) is 18.4 Å². The molecule has 1 fully saturated rings. The Kier molecular flexibility index (Phi) is 7.36. The molecule has 8 heteroatoms. The summed E-state index contributed by atoms with van der Waals surface area (Å²) < 4.78 is 5.10. The zero-order valence-electron chi connectivity index (χ0n) is 16.0. The molecule has 1 saturated heterocycles. The fraction of sp³-hybridized carbons (Fsp3) is 0.450. The highest BCUT2D eigenvalue weighted by Crippen LogP contribution is 2.20. The molecule has 2 aromatic rings. The molecular weight excluding hydrogens is 376 g/mol. The minimum atomic E-state index is -0.659. The zero-order chi connectivity index (χ0) is 19.8. The first-order valence-electron chi connectivity index (χ1n) is 9.52. The number of thioether (sulfide) groups is 1. The molecule has 0 aliphatic carbocycles. The number of nitrogens with one attached hydrogen (secondary N) is 2. The molecule has 150 valence electrons. The normalized spacial score (nSPS) is 15.1. The number of hydrogen-bond donors (Lipinski definition) is 2. The third-order valence-electron chi connectivity index (χ3n) is 4.70. The van der Waals surface area contributed by atoms with E-state index < -0.39 is 11.9 Å². The Hall–Kier alpha value is -2.48. The lowest BCUT2D eigenvalue weighted by Gasteiger charge is -2.28. The number of furan rings is 1. The highest BCUT2D eigenvalue weighted by atomic mass is 32.2. The molecular formula is C20H26N4O3S. The Morgan fingerprint density at radius 3 is 2.71 bits per heavy atom. The van der Waals surface area contributed by atoms with Crippen LogP contribution >= 0.6 is 11.8 Å². The lowest BCUT2D eigenvalue weighted by atomic mass is 10.1. The molecule has 2 aromatic heterocycles. The number of anilines is 2. The maximum atomic E-state index is 12.7. The van der Waals surface area contributed by atoms with Crippen LogP contribution in [0.25, 0.3) is 0 Å². The lowest BCUT2D eigenvalue weighted by molar-refractivity contribution is -0.118. The van der Waals surface area contributed by atoms with Crippen molar-refractivity contribution in [2.75, 3.05) is 35.3 Å². The first-order chi connectivity index (χ1) is 13.7. The number of pyridine rings is 1.